The molecule has 1 fully saturated rings. The number of nitrogens with zero attached hydrogens (tertiary/aromatic N) is 2. The van der Waals surface area contributed by atoms with Crippen molar-refractivity contribution < 1.29 is 9.59 Å². The van der Waals surface area contributed by atoms with E-state index in [0.717, 1.165) is 41.5 Å². The Morgan fingerprint density at radius 2 is 2.28 bits per heavy atom. The number of thioether (sulfide) groups is 1. The van der Waals surface area contributed by atoms with Crippen LogP contribution in [-0.4, -0.2) is 40.5 Å². The molecular weight excluding hydrogens is 354 g/mol. The Morgan fingerprint density at radius 3 is 3.00 bits per heavy atom. The van der Waals surface area contributed by atoms with Gasteiger partial charge in [-0.2, -0.15) is 0 Å². The first-order valence-electron chi connectivity index (χ1n) is 8.22. The SMILES string of the molecule is Cc1csc(SCC(=O)N2CC[C@@H](Cc3cccc(C(N)=O)c3)C2)n1. The van der Waals surface area contributed by atoms with Gasteiger partial charge in [0.25, 0.3) is 0 Å². The van der Waals surface area contributed by atoms with Crippen LogP contribution in [0.1, 0.15) is 28.0 Å². The van der Waals surface area contributed by atoms with Crippen molar-refractivity contribution in [3.8, 4) is 0 Å². The van der Waals surface area contributed by atoms with Crippen LogP contribution >= 0.6 is 23.1 Å². The van der Waals surface area contributed by atoms with Gasteiger partial charge in [-0.3, -0.25) is 9.59 Å². The lowest BCUT2D eigenvalue weighted by Gasteiger charge is -2.16. The van der Waals surface area contributed by atoms with Crippen LogP contribution in [-0.2, 0) is 11.2 Å². The number of aromatic nitrogens is 1. The summed E-state index contributed by atoms with van der Waals surface area (Å²) < 4.78 is 0.949. The smallest absolute Gasteiger partial charge is 0.248 e. The van der Waals surface area contributed by atoms with Crippen molar-refractivity contribution in [1.82, 2.24) is 9.88 Å². The van der Waals surface area contributed by atoms with E-state index in [1.54, 1.807) is 17.4 Å². The van der Waals surface area contributed by atoms with Gasteiger partial charge in [-0.25, -0.2) is 4.98 Å². The fourth-order valence-corrected chi connectivity index (χ4v) is 4.78. The van der Waals surface area contributed by atoms with Gasteiger partial charge in [-0.1, -0.05) is 23.9 Å². The van der Waals surface area contributed by atoms with Crippen LogP contribution in [0.25, 0.3) is 0 Å². The van der Waals surface area contributed by atoms with E-state index < -0.39 is 5.91 Å². The first-order chi connectivity index (χ1) is 12.0. The number of rotatable bonds is 6. The van der Waals surface area contributed by atoms with Gasteiger partial charge in [-0.05, 0) is 43.4 Å². The number of hydrogen-bond donors (Lipinski definition) is 1. The maximum absolute atomic E-state index is 12.4. The molecule has 0 spiro atoms. The van der Waals surface area contributed by atoms with Gasteiger partial charge in [-0.15, -0.1) is 11.3 Å². The zero-order chi connectivity index (χ0) is 17.8. The average Bonchev–Trinajstić information content (AvgIpc) is 3.22. The third kappa shape index (κ3) is 4.83. The fourth-order valence-electron chi connectivity index (χ4n) is 3.02. The Kier molecular flexibility index (Phi) is 5.75. The standard InChI is InChI=1S/C18H21N3O2S2/c1-12-10-24-18(20-12)25-11-16(22)21-6-5-14(9-21)7-13-3-2-4-15(8-13)17(19)23/h2-4,8,10,14H,5-7,9,11H2,1H3,(H2,19,23)/t14-/m0/s1. The predicted molar refractivity (Wildman–Crippen MR) is 101 cm³/mol. The topological polar surface area (TPSA) is 76.3 Å². The molecule has 1 aromatic carbocycles. The summed E-state index contributed by atoms with van der Waals surface area (Å²) >= 11 is 3.09. The van der Waals surface area contributed by atoms with Gasteiger partial charge in [0, 0.05) is 29.7 Å². The zero-order valence-electron chi connectivity index (χ0n) is 14.1. The zero-order valence-corrected chi connectivity index (χ0v) is 15.7. The number of hydrogen-bond acceptors (Lipinski definition) is 5. The first kappa shape index (κ1) is 17.9. The molecule has 2 amide bonds. The molecule has 0 radical (unpaired) electrons. The van der Waals surface area contributed by atoms with Gasteiger partial charge in [0.1, 0.15) is 0 Å². The van der Waals surface area contributed by atoms with Crippen molar-refractivity contribution in [2.75, 3.05) is 18.8 Å². The van der Waals surface area contributed by atoms with Crippen LogP contribution in [0.4, 0.5) is 0 Å². The van der Waals surface area contributed by atoms with Gasteiger partial charge in [0.15, 0.2) is 4.34 Å². The largest absolute Gasteiger partial charge is 0.366 e. The second kappa shape index (κ2) is 8.01. The molecule has 1 aliphatic heterocycles. The van der Waals surface area contributed by atoms with E-state index in [4.69, 9.17) is 5.73 Å². The van der Waals surface area contributed by atoms with Crippen molar-refractivity contribution in [3.63, 3.8) is 0 Å². The second-order valence-corrected chi connectivity index (χ2v) is 8.39. The van der Waals surface area contributed by atoms with E-state index in [1.165, 1.54) is 11.8 Å². The predicted octanol–water partition coefficient (Wildman–Crippen LogP) is 2.73. The molecule has 3 rings (SSSR count). The summed E-state index contributed by atoms with van der Waals surface area (Å²) in [5.74, 6) is 0.640. The summed E-state index contributed by atoms with van der Waals surface area (Å²) in [5, 5.41) is 2.00. The molecule has 2 N–H and O–H groups in total. The van der Waals surface area contributed by atoms with Crippen LogP contribution in [0.15, 0.2) is 34.0 Å². The van der Waals surface area contributed by atoms with Crippen molar-refractivity contribution >= 4 is 34.9 Å². The van der Waals surface area contributed by atoms with Crippen LogP contribution < -0.4 is 5.73 Å². The number of primary amides is 1. The number of carbonyl (C=O) groups is 2. The van der Waals surface area contributed by atoms with Gasteiger partial charge in [0.2, 0.25) is 11.8 Å². The molecule has 0 saturated carbocycles. The highest BCUT2D eigenvalue weighted by Crippen LogP contribution is 2.25. The second-order valence-electron chi connectivity index (χ2n) is 6.31. The maximum Gasteiger partial charge on any atom is 0.248 e. The lowest BCUT2D eigenvalue weighted by molar-refractivity contribution is -0.127. The monoisotopic (exact) mass is 375 g/mol. The molecule has 1 saturated heterocycles. The summed E-state index contributed by atoms with van der Waals surface area (Å²) in [6.07, 6.45) is 1.86. The minimum absolute atomic E-state index is 0.172. The van der Waals surface area contributed by atoms with E-state index in [-0.39, 0.29) is 5.91 Å². The van der Waals surface area contributed by atoms with Crippen LogP contribution in [0.2, 0.25) is 0 Å². The van der Waals surface area contributed by atoms with Crippen molar-refractivity contribution in [1.29, 1.82) is 0 Å². The van der Waals surface area contributed by atoms with E-state index in [1.807, 2.05) is 35.4 Å². The summed E-state index contributed by atoms with van der Waals surface area (Å²) in [7, 11) is 0. The molecule has 25 heavy (non-hydrogen) atoms. The van der Waals surface area contributed by atoms with Crippen LogP contribution in [0.5, 0.6) is 0 Å². The minimum atomic E-state index is -0.403. The molecule has 0 aliphatic carbocycles. The summed E-state index contributed by atoms with van der Waals surface area (Å²) in [6.45, 7) is 3.54. The number of nitrogens with two attached hydrogens (primary N) is 1. The molecule has 0 unspecified atom stereocenters. The lowest BCUT2D eigenvalue weighted by atomic mass is 9.97. The Hall–Kier alpha value is -1.86. The molecule has 5 nitrogen and oxygen atoms in total. The Balaban J connectivity index is 1.50. The Labute approximate surface area is 155 Å². The fraction of sp³-hybridized carbons (Fsp3) is 0.389. The van der Waals surface area contributed by atoms with Gasteiger partial charge in [0.05, 0.1) is 5.75 Å². The molecule has 7 heteroatoms. The minimum Gasteiger partial charge on any atom is -0.366 e. The number of amides is 2. The van der Waals surface area contributed by atoms with Gasteiger partial charge >= 0.3 is 0 Å². The molecule has 2 heterocycles. The van der Waals surface area contributed by atoms with E-state index >= 15 is 0 Å². The average molecular weight is 376 g/mol. The molecule has 132 valence electrons. The number of carbonyl (C=O) groups excluding carboxylic acids is 2. The highest BCUT2D eigenvalue weighted by atomic mass is 32.2. The van der Waals surface area contributed by atoms with Crippen molar-refractivity contribution in [2.24, 2.45) is 11.7 Å². The number of benzene rings is 1. The highest BCUT2D eigenvalue weighted by Gasteiger charge is 2.26. The van der Waals surface area contributed by atoms with E-state index in [2.05, 4.69) is 4.98 Å². The van der Waals surface area contributed by atoms with Crippen molar-refractivity contribution in [2.45, 2.75) is 24.1 Å². The number of thiazole rings is 1. The van der Waals surface area contributed by atoms with Crippen molar-refractivity contribution in [3.05, 3.63) is 46.5 Å². The maximum atomic E-state index is 12.4. The van der Waals surface area contributed by atoms with Crippen LogP contribution in [0, 0.1) is 12.8 Å². The molecule has 2 aromatic rings. The van der Waals surface area contributed by atoms with E-state index in [0.29, 0.717) is 17.2 Å². The molecular formula is C18H21N3O2S2. The number of aryl methyl sites for hydroxylation is 1. The summed E-state index contributed by atoms with van der Waals surface area (Å²) in [4.78, 5) is 30.0. The van der Waals surface area contributed by atoms with Crippen LogP contribution in [0.3, 0.4) is 0 Å². The highest BCUT2D eigenvalue weighted by molar-refractivity contribution is 8.01. The van der Waals surface area contributed by atoms with E-state index in [9.17, 15) is 9.59 Å². The third-order valence-electron chi connectivity index (χ3n) is 4.29. The summed E-state index contributed by atoms with van der Waals surface area (Å²) in [6, 6.07) is 7.46. The lowest BCUT2D eigenvalue weighted by Crippen LogP contribution is -2.30. The molecule has 1 atom stereocenters. The molecule has 1 aliphatic rings. The van der Waals surface area contributed by atoms with Gasteiger partial charge < -0.3 is 10.6 Å². The quantitative estimate of drug-likeness (QED) is 0.788. The summed E-state index contributed by atoms with van der Waals surface area (Å²) in [5.41, 5.74) is 7.98. The first-order valence-corrected chi connectivity index (χ1v) is 10.1. The third-order valence-corrected chi connectivity index (χ3v) is 6.42. The normalized spacial score (nSPS) is 17.0. The molecule has 0 bridgehead atoms. The Morgan fingerprint density at radius 1 is 1.44 bits per heavy atom. The number of likely N-dealkylation sites (tertiary alicyclic amines) is 1. The molecule has 1 aromatic heterocycles. The Bertz CT molecular complexity index is 775.